The van der Waals surface area contributed by atoms with E-state index in [1.165, 1.54) is 0 Å². The van der Waals surface area contributed by atoms with E-state index < -0.39 is 6.10 Å². The first-order chi connectivity index (χ1) is 9.65. The highest BCUT2D eigenvalue weighted by atomic mass is 16.3. The molecule has 3 N–H and O–H groups in total. The number of nitrogens with zero attached hydrogens (tertiary/aromatic N) is 2. The topological polar surface area (TPSA) is 64.1 Å². The van der Waals surface area contributed by atoms with Crippen LogP contribution in [0.2, 0.25) is 0 Å². The summed E-state index contributed by atoms with van der Waals surface area (Å²) in [6.45, 7) is 4.32. The fourth-order valence-electron chi connectivity index (χ4n) is 2.47. The molecule has 1 unspecified atom stereocenters. The number of nitrogens with two attached hydrogens (primary N) is 1. The maximum Gasteiger partial charge on any atom is 0.0865 e. The van der Waals surface area contributed by atoms with Gasteiger partial charge in [0.25, 0.3) is 0 Å². The largest absolute Gasteiger partial charge is 0.398 e. The van der Waals surface area contributed by atoms with Gasteiger partial charge in [-0.25, -0.2) is 0 Å². The third kappa shape index (κ3) is 3.20. The van der Waals surface area contributed by atoms with Crippen molar-refractivity contribution in [3.05, 3.63) is 47.8 Å². The number of aliphatic hydroxyl groups excluding tert-OH is 1. The van der Waals surface area contributed by atoms with E-state index in [4.69, 9.17) is 5.73 Å². The molecule has 0 aliphatic carbocycles. The summed E-state index contributed by atoms with van der Waals surface area (Å²) in [7, 11) is 0. The fraction of sp³-hybridized carbons (Fsp3) is 0.438. The third-order valence-corrected chi connectivity index (χ3v) is 3.74. The van der Waals surface area contributed by atoms with Crippen molar-refractivity contribution in [2.45, 2.75) is 45.3 Å². The van der Waals surface area contributed by atoms with Gasteiger partial charge in [-0.1, -0.05) is 32.0 Å². The Hall–Kier alpha value is -1.81. The van der Waals surface area contributed by atoms with E-state index in [9.17, 15) is 5.11 Å². The van der Waals surface area contributed by atoms with Crippen LogP contribution in [0.15, 0.2) is 36.5 Å². The molecule has 1 atom stereocenters. The smallest absolute Gasteiger partial charge is 0.0865 e. The number of nitrogen functional groups attached to an aromatic ring is 1. The lowest BCUT2D eigenvalue weighted by molar-refractivity contribution is 0.177. The summed E-state index contributed by atoms with van der Waals surface area (Å²) in [4.78, 5) is 0. The molecule has 0 saturated carbocycles. The van der Waals surface area contributed by atoms with Crippen LogP contribution in [0.25, 0.3) is 0 Å². The van der Waals surface area contributed by atoms with Gasteiger partial charge in [0, 0.05) is 23.9 Å². The van der Waals surface area contributed by atoms with Crippen LogP contribution < -0.4 is 5.73 Å². The zero-order valence-corrected chi connectivity index (χ0v) is 12.2. The predicted molar refractivity (Wildman–Crippen MR) is 81.4 cm³/mol. The number of benzene rings is 1. The van der Waals surface area contributed by atoms with E-state index in [0.717, 1.165) is 24.1 Å². The zero-order chi connectivity index (χ0) is 14.5. The summed E-state index contributed by atoms with van der Waals surface area (Å²) in [5, 5.41) is 14.9. The minimum absolute atomic E-state index is 0.433. The average molecular weight is 273 g/mol. The lowest BCUT2D eigenvalue weighted by Gasteiger charge is -2.14. The van der Waals surface area contributed by atoms with E-state index in [2.05, 4.69) is 18.9 Å². The first-order valence-corrected chi connectivity index (χ1v) is 7.22. The summed E-state index contributed by atoms with van der Waals surface area (Å²) in [6, 6.07) is 9.83. The van der Waals surface area contributed by atoms with Crippen LogP contribution in [-0.2, 0) is 6.42 Å². The summed E-state index contributed by atoms with van der Waals surface area (Å²) < 4.78 is 2.00. The molecule has 4 nitrogen and oxygen atoms in total. The lowest BCUT2D eigenvalue weighted by Crippen LogP contribution is -2.09. The number of para-hydroxylation sites is 1. The first-order valence-electron chi connectivity index (χ1n) is 7.22. The Morgan fingerprint density at radius 2 is 1.90 bits per heavy atom. The minimum atomic E-state index is -0.610. The Bertz CT molecular complexity index is 546. The molecule has 0 radical (unpaired) electrons. The van der Waals surface area contributed by atoms with E-state index in [1.807, 2.05) is 35.1 Å². The average Bonchev–Trinajstić information content (AvgIpc) is 2.89. The van der Waals surface area contributed by atoms with Gasteiger partial charge in [0.05, 0.1) is 17.8 Å². The van der Waals surface area contributed by atoms with E-state index >= 15 is 0 Å². The van der Waals surface area contributed by atoms with Crippen molar-refractivity contribution in [2.75, 3.05) is 5.73 Å². The van der Waals surface area contributed by atoms with Crippen LogP contribution in [0.4, 0.5) is 5.69 Å². The van der Waals surface area contributed by atoms with Gasteiger partial charge in [-0.3, -0.25) is 4.68 Å². The molecule has 20 heavy (non-hydrogen) atoms. The molecule has 2 rings (SSSR count). The van der Waals surface area contributed by atoms with Crippen molar-refractivity contribution in [1.29, 1.82) is 0 Å². The van der Waals surface area contributed by atoms with Crippen LogP contribution >= 0.6 is 0 Å². The molecule has 0 aliphatic rings. The SMILES string of the molecule is CCC(CC)n1ccc(CC(O)c2ccccc2N)n1. The molecule has 1 aromatic heterocycles. The minimum Gasteiger partial charge on any atom is -0.398 e. The van der Waals surface area contributed by atoms with Gasteiger partial charge < -0.3 is 10.8 Å². The highest BCUT2D eigenvalue weighted by Gasteiger charge is 2.14. The number of aliphatic hydroxyl groups is 1. The van der Waals surface area contributed by atoms with Gasteiger partial charge in [0.1, 0.15) is 0 Å². The molecule has 4 heteroatoms. The van der Waals surface area contributed by atoms with E-state index in [1.54, 1.807) is 6.07 Å². The van der Waals surface area contributed by atoms with Gasteiger partial charge in [0.15, 0.2) is 0 Å². The Balaban J connectivity index is 2.09. The summed E-state index contributed by atoms with van der Waals surface area (Å²) >= 11 is 0. The summed E-state index contributed by atoms with van der Waals surface area (Å²) in [6.07, 6.45) is 3.99. The number of aromatic nitrogens is 2. The van der Waals surface area contributed by atoms with Crippen molar-refractivity contribution in [3.63, 3.8) is 0 Å². The molecular weight excluding hydrogens is 250 g/mol. The monoisotopic (exact) mass is 273 g/mol. The quantitative estimate of drug-likeness (QED) is 0.795. The van der Waals surface area contributed by atoms with E-state index in [-0.39, 0.29) is 0 Å². The van der Waals surface area contributed by atoms with Crippen LogP contribution in [0.5, 0.6) is 0 Å². The normalized spacial score (nSPS) is 12.8. The highest BCUT2D eigenvalue weighted by Crippen LogP contribution is 2.23. The molecule has 0 saturated heterocycles. The molecule has 2 aromatic rings. The summed E-state index contributed by atoms with van der Waals surface area (Å²) in [5.74, 6) is 0. The Labute approximate surface area is 120 Å². The third-order valence-electron chi connectivity index (χ3n) is 3.74. The second-order valence-electron chi connectivity index (χ2n) is 5.11. The van der Waals surface area contributed by atoms with Gasteiger partial charge in [-0.05, 0) is 25.0 Å². The number of hydrogen-bond acceptors (Lipinski definition) is 3. The van der Waals surface area contributed by atoms with Crippen LogP contribution in [0.3, 0.4) is 0 Å². The standard InChI is InChI=1S/C16H23N3O/c1-3-13(4-2)19-10-9-12(18-19)11-16(20)14-7-5-6-8-15(14)17/h5-10,13,16,20H,3-4,11,17H2,1-2H3. The van der Waals surface area contributed by atoms with Gasteiger partial charge in [-0.15, -0.1) is 0 Å². The Kier molecular flexibility index (Phi) is 4.79. The molecule has 0 fully saturated rings. The molecule has 1 heterocycles. The molecule has 0 aliphatic heterocycles. The van der Waals surface area contributed by atoms with Crippen LogP contribution in [0, 0.1) is 0 Å². The van der Waals surface area contributed by atoms with Crippen molar-refractivity contribution in [1.82, 2.24) is 9.78 Å². The van der Waals surface area contributed by atoms with Gasteiger partial charge in [0.2, 0.25) is 0 Å². The second-order valence-corrected chi connectivity index (χ2v) is 5.11. The van der Waals surface area contributed by atoms with Crippen molar-refractivity contribution in [2.24, 2.45) is 0 Å². The summed E-state index contributed by atoms with van der Waals surface area (Å²) in [5.41, 5.74) is 8.17. The predicted octanol–water partition coefficient (Wildman–Crippen LogP) is 3.10. The molecule has 1 aromatic carbocycles. The van der Waals surface area contributed by atoms with Gasteiger partial charge >= 0.3 is 0 Å². The van der Waals surface area contributed by atoms with Crippen LogP contribution in [0.1, 0.15) is 50.1 Å². The molecule has 0 amide bonds. The first kappa shape index (κ1) is 14.6. The number of rotatable bonds is 6. The van der Waals surface area contributed by atoms with Crippen LogP contribution in [-0.4, -0.2) is 14.9 Å². The van der Waals surface area contributed by atoms with Crippen molar-refractivity contribution < 1.29 is 5.11 Å². The van der Waals surface area contributed by atoms with Crippen molar-refractivity contribution in [3.8, 4) is 0 Å². The Morgan fingerprint density at radius 3 is 2.55 bits per heavy atom. The fourth-order valence-corrected chi connectivity index (χ4v) is 2.47. The lowest BCUT2D eigenvalue weighted by atomic mass is 10.0. The molecule has 0 bridgehead atoms. The molecule has 108 valence electrons. The highest BCUT2D eigenvalue weighted by molar-refractivity contribution is 5.47. The number of anilines is 1. The maximum atomic E-state index is 10.3. The maximum absolute atomic E-state index is 10.3. The molecule has 0 spiro atoms. The van der Waals surface area contributed by atoms with Gasteiger partial charge in [-0.2, -0.15) is 5.10 Å². The number of hydrogen-bond donors (Lipinski definition) is 2. The molecular formula is C16H23N3O. The van der Waals surface area contributed by atoms with E-state index in [0.29, 0.717) is 18.2 Å². The van der Waals surface area contributed by atoms with Crippen molar-refractivity contribution >= 4 is 5.69 Å². The second kappa shape index (κ2) is 6.57. The Morgan fingerprint density at radius 1 is 1.20 bits per heavy atom. The zero-order valence-electron chi connectivity index (χ0n) is 12.2.